The van der Waals surface area contributed by atoms with Gasteiger partial charge in [-0.1, -0.05) is 24.3 Å². The molecule has 0 saturated heterocycles. The molecule has 0 aliphatic carbocycles. The summed E-state index contributed by atoms with van der Waals surface area (Å²) in [6.07, 6.45) is 0.844. The predicted octanol–water partition coefficient (Wildman–Crippen LogP) is 3.24. The van der Waals surface area contributed by atoms with E-state index >= 15 is 0 Å². The second kappa shape index (κ2) is 5.58. The maximum Gasteiger partial charge on any atom is 0.204 e. The lowest BCUT2D eigenvalue weighted by Gasteiger charge is -2.02. The van der Waals surface area contributed by atoms with Gasteiger partial charge in [0.25, 0.3) is 0 Å². The zero-order valence-electron chi connectivity index (χ0n) is 9.15. The van der Waals surface area contributed by atoms with Gasteiger partial charge in [0.2, 0.25) is 5.78 Å². The zero-order chi connectivity index (χ0) is 12.3. The van der Waals surface area contributed by atoms with Crippen molar-refractivity contribution in [2.45, 2.75) is 6.42 Å². The van der Waals surface area contributed by atoms with Crippen molar-refractivity contribution >= 4 is 33.0 Å². The van der Waals surface area contributed by atoms with E-state index in [-0.39, 0.29) is 5.78 Å². The minimum absolute atomic E-state index is 0.0613. The third-order valence-corrected chi connectivity index (χ3v) is 4.31. The van der Waals surface area contributed by atoms with Crippen LogP contribution in [0, 0.1) is 0 Å². The molecule has 1 aromatic carbocycles. The van der Waals surface area contributed by atoms with Crippen LogP contribution < -0.4 is 5.73 Å². The molecule has 0 aliphatic rings. The summed E-state index contributed by atoms with van der Waals surface area (Å²) in [5.74, 6) is 0.0613. The Morgan fingerprint density at radius 1 is 1.24 bits per heavy atom. The van der Waals surface area contributed by atoms with E-state index in [9.17, 15) is 4.79 Å². The van der Waals surface area contributed by atoms with Crippen LogP contribution in [0.4, 0.5) is 0 Å². The first-order chi connectivity index (χ1) is 8.22. The van der Waals surface area contributed by atoms with Gasteiger partial charge in [-0.05, 0) is 45.9 Å². The number of benzene rings is 1. The molecule has 0 amide bonds. The molecule has 0 unspecified atom stereocenters. The third-order valence-electron chi connectivity index (χ3n) is 2.47. The largest absolute Gasteiger partial charge is 0.330 e. The molecule has 0 bridgehead atoms. The molecule has 17 heavy (non-hydrogen) atoms. The number of nitrogens with two attached hydrogens (primary N) is 1. The first-order valence-electron chi connectivity index (χ1n) is 5.29. The minimum atomic E-state index is 0.0613. The van der Waals surface area contributed by atoms with Crippen molar-refractivity contribution in [2.24, 2.45) is 5.73 Å². The molecule has 2 nitrogen and oxygen atoms in total. The van der Waals surface area contributed by atoms with Crippen molar-refractivity contribution in [1.82, 2.24) is 0 Å². The number of thiophene rings is 1. The van der Waals surface area contributed by atoms with Gasteiger partial charge in [-0.25, -0.2) is 0 Å². The Morgan fingerprint density at radius 3 is 2.47 bits per heavy atom. The summed E-state index contributed by atoms with van der Waals surface area (Å²) in [7, 11) is 0. The normalized spacial score (nSPS) is 10.5. The Bertz CT molecular complexity index is 518. The molecule has 0 saturated carbocycles. The molecular weight excluding hydrogens is 298 g/mol. The van der Waals surface area contributed by atoms with Crippen molar-refractivity contribution < 1.29 is 4.79 Å². The molecular formula is C13H12BrNOS. The van der Waals surface area contributed by atoms with Gasteiger partial charge < -0.3 is 5.73 Å². The van der Waals surface area contributed by atoms with Crippen molar-refractivity contribution in [3.8, 4) is 0 Å². The smallest absolute Gasteiger partial charge is 0.204 e. The summed E-state index contributed by atoms with van der Waals surface area (Å²) in [5, 5.41) is 1.90. The van der Waals surface area contributed by atoms with Crippen LogP contribution in [-0.2, 0) is 6.42 Å². The first kappa shape index (κ1) is 12.5. The molecule has 2 rings (SSSR count). The highest BCUT2D eigenvalue weighted by atomic mass is 79.9. The molecule has 2 aromatic rings. The lowest BCUT2D eigenvalue weighted by atomic mass is 10.1. The average Bonchev–Trinajstić information content (AvgIpc) is 2.76. The number of hydrogen-bond acceptors (Lipinski definition) is 3. The lowest BCUT2D eigenvalue weighted by Crippen LogP contribution is -2.04. The van der Waals surface area contributed by atoms with Crippen molar-refractivity contribution in [1.29, 1.82) is 0 Å². The van der Waals surface area contributed by atoms with Crippen LogP contribution in [0.15, 0.2) is 40.2 Å². The van der Waals surface area contributed by atoms with E-state index in [2.05, 4.69) is 15.9 Å². The number of rotatable bonds is 4. The maximum atomic E-state index is 12.2. The molecule has 0 spiro atoms. The summed E-state index contributed by atoms with van der Waals surface area (Å²) in [6, 6.07) is 9.53. The Balaban J connectivity index is 2.23. The zero-order valence-corrected chi connectivity index (χ0v) is 11.6. The van der Waals surface area contributed by atoms with Gasteiger partial charge in [-0.15, -0.1) is 11.3 Å². The van der Waals surface area contributed by atoms with Crippen LogP contribution in [0.2, 0.25) is 0 Å². The Morgan fingerprint density at radius 2 is 1.94 bits per heavy atom. The minimum Gasteiger partial charge on any atom is -0.330 e. The summed E-state index contributed by atoms with van der Waals surface area (Å²) in [6.45, 7) is 0.629. The molecule has 88 valence electrons. The summed E-state index contributed by atoms with van der Waals surface area (Å²) < 4.78 is 0.860. The van der Waals surface area contributed by atoms with Gasteiger partial charge in [-0.2, -0.15) is 0 Å². The monoisotopic (exact) mass is 309 g/mol. The number of hydrogen-bond donors (Lipinski definition) is 1. The average molecular weight is 310 g/mol. The van der Waals surface area contributed by atoms with Gasteiger partial charge in [0.1, 0.15) is 0 Å². The number of halogens is 1. The predicted molar refractivity (Wildman–Crippen MR) is 74.7 cm³/mol. The molecule has 4 heteroatoms. The van der Waals surface area contributed by atoms with Gasteiger partial charge in [-0.3, -0.25) is 4.79 Å². The van der Waals surface area contributed by atoms with Crippen LogP contribution >= 0.6 is 27.3 Å². The summed E-state index contributed by atoms with van der Waals surface area (Å²) in [5.41, 5.74) is 7.36. The fourth-order valence-electron chi connectivity index (χ4n) is 1.58. The summed E-state index contributed by atoms with van der Waals surface area (Å²) >= 11 is 4.83. The quantitative estimate of drug-likeness (QED) is 0.881. The van der Waals surface area contributed by atoms with Crippen LogP contribution in [0.1, 0.15) is 20.8 Å². The van der Waals surface area contributed by atoms with E-state index in [1.165, 1.54) is 11.3 Å². The van der Waals surface area contributed by atoms with Crippen molar-refractivity contribution in [3.05, 3.63) is 56.2 Å². The molecule has 0 atom stereocenters. The topological polar surface area (TPSA) is 43.1 Å². The van der Waals surface area contributed by atoms with Gasteiger partial charge >= 0.3 is 0 Å². The standard InChI is InChI=1S/C13H12BrNOS/c14-11-6-8-17-13(11)12(16)10-3-1-9(2-4-10)5-7-15/h1-4,6,8H,5,7,15H2. The van der Waals surface area contributed by atoms with E-state index in [1.54, 1.807) is 0 Å². The second-order valence-electron chi connectivity index (χ2n) is 3.66. The molecule has 0 aliphatic heterocycles. The molecule has 1 heterocycles. The molecule has 2 N–H and O–H groups in total. The molecule has 1 aromatic heterocycles. The third kappa shape index (κ3) is 2.83. The number of carbonyl (C=O) groups excluding carboxylic acids is 1. The molecule has 0 fully saturated rings. The number of ketones is 1. The lowest BCUT2D eigenvalue weighted by molar-refractivity contribution is 0.104. The van der Waals surface area contributed by atoms with Crippen LogP contribution in [-0.4, -0.2) is 12.3 Å². The van der Waals surface area contributed by atoms with Crippen LogP contribution in [0.5, 0.6) is 0 Å². The Kier molecular flexibility index (Phi) is 4.10. The molecule has 0 radical (unpaired) electrons. The van der Waals surface area contributed by atoms with E-state index < -0.39 is 0 Å². The summed E-state index contributed by atoms with van der Waals surface area (Å²) in [4.78, 5) is 12.9. The highest BCUT2D eigenvalue weighted by Gasteiger charge is 2.13. The second-order valence-corrected chi connectivity index (χ2v) is 5.43. The van der Waals surface area contributed by atoms with E-state index in [4.69, 9.17) is 5.73 Å². The van der Waals surface area contributed by atoms with Crippen molar-refractivity contribution in [3.63, 3.8) is 0 Å². The SMILES string of the molecule is NCCc1ccc(C(=O)c2sccc2Br)cc1. The number of carbonyl (C=O) groups is 1. The van der Waals surface area contributed by atoms with Gasteiger partial charge in [0.15, 0.2) is 0 Å². The highest BCUT2D eigenvalue weighted by Crippen LogP contribution is 2.25. The van der Waals surface area contributed by atoms with E-state index in [0.717, 1.165) is 21.3 Å². The highest BCUT2D eigenvalue weighted by molar-refractivity contribution is 9.10. The van der Waals surface area contributed by atoms with Crippen LogP contribution in [0.25, 0.3) is 0 Å². The van der Waals surface area contributed by atoms with Gasteiger partial charge in [0, 0.05) is 10.0 Å². The van der Waals surface area contributed by atoms with E-state index in [0.29, 0.717) is 12.1 Å². The van der Waals surface area contributed by atoms with Crippen LogP contribution in [0.3, 0.4) is 0 Å². The maximum absolute atomic E-state index is 12.2. The first-order valence-corrected chi connectivity index (χ1v) is 6.96. The Hall–Kier alpha value is -0.970. The van der Waals surface area contributed by atoms with Gasteiger partial charge in [0.05, 0.1) is 4.88 Å². The van der Waals surface area contributed by atoms with E-state index in [1.807, 2.05) is 35.7 Å². The Labute approximate surface area is 113 Å². The fourth-order valence-corrected chi connectivity index (χ4v) is 3.09. The fraction of sp³-hybridized carbons (Fsp3) is 0.154. The van der Waals surface area contributed by atoms with Crippen molar-refractivity contribution in [2.75, 3.05) is 6.54 Å².